The van der Waals surface area contributed by atoms with Crippen LogP contribution in [0.4, 0.5) is 0 Å². The first kappa shape index (κ1) is 20.7. The van der Waals surface area contributed by atoms with Crippen molar-refractivity contribution >= 4 is 0 Å². The number of rotatable bonds is 4. The lowest BCUT2D eigenvalue weighted by molar-refractivity contribution is -0.179. The molecule has 1 saturated heterocycles. The number of aryl methyl sites for hydroxylation is 3. The Morgan fingerprint density at radius 2 is 1.77 bits per heavy atom. The smallest absolute Gasteiger partial charge is 0.247 e. The topological polar surface area (TPSA) is 109 Å². The summed E-state index contributed by atoms with van der Waals surface area (Å²) in [4.78, 5) is 0. The SMILES string of the molecule is Cc1nnc(-c2ccc(-c3cc(C4OC(CO)CC(O)C4O)ccc3C)c(C)c2)o1. The second kappa shape index (κ2) is 8.28. The van der Waals surface area contributed by atoms with Crippen molar-refractivity contribution < 1.29 is 24.5 Å². The van der Waals surface area contributed by atoms with Crippen molar-refractivity contribution in [3.8, 4) is 22.6 Å². The summed E-state index contributed by atoms with van der Waals surface area (Å²) in [6.07, 6.45) is -2.98. The molecule has 30 heavy (non-hydrogen) atoms. The van der Waals surface area contributed by atoms with E-state index in [1.165, 1.54) is 0 Å². The Bertz CT molecular complexity index is 1050. The maximum Gasteiger partial charge on any atom is 0.247 e. The summed E-state index contributed by atoms with van der Waals surface area (Å²) >= 11 is 0. The van der Waals surface area contributed by atoms with Crippen LogP contribution in [0.3, 0.4) is 0 Å². The van der Waals surface area contributed by atoms with Gasteiger partial charge in [-0.1, -0.05) is 18.2 Å². The maximum atomic E-state index is 10.5. The standard InChI is InChI=1S/C23H26N2O5/c1-12-4-5-15(22-21(28)20(27)10-17(11-26)30-22)9-19(12)18-7-6-16(8-13(18)2)23-25-24-14(3)29-23/h4-9,17,20-22,26-28H,10-11H2,1-3H3. The summed E-state index contributed by atoms with van der Waals surface area (Å²) in [5, 5.41) is 38.1. The molecule has 1 aromatic heterocycles. The zero-order valence-corrected chi connectivity index (χ0v) is 17.2. The van der Waals surface area contributed by atoms with Crippen molar-refractivity contribution in [1.82, 2.24) is 10.2 Å². The highest BCUT2D eigenvalue weighted by atomic mass is 16.5. The molecule has 4 rings (SSSR count). The lowest BCUT2D eigenvalue weighted by atomic mass is 9.89. The number of aromatic nitrogens is 2. The highest BCUT2D eigenvalue weighted by Crippen LogP contribution is 2.36. The highest BCUT2D eigenvalue weighted by molar-refractivity contribution is 5.74. The Morgan fingerprint density at radius 1 is 0.967 bits per heavy atom. The molecule has 4 unspecified atom stereocenters. The van der Waals surface area contributed by atoms with Crippen molar-refractivity contribution in [3.63, 3.8) is 0 Å². The van der Waals surface area contributed by atoms with E-state index < -0.39 is 24.4 Å². The van der Waals surface area contributed by atoms with Crippen molar-refractivity contribution in [2.45, 2.75) is 51.6 Å². The minimum atomic E-state index is -1.05. The molecule has 0 radical (unpaired) electrons. The van der Waals surface area contributed by atoms with Crippen molar-refractivity contribution in [2.24, 2.45) is 0 Å². The van der Waals surface area contributed by atoms with Crippen LogP contribution in [0.2, 0.25) is 0 Å². The quantitative estimate of drug-likeness (QED) is 0.607. The molecule has 2 aromatic carbocycles. The molecule has 1 fully saturated rings. The Kier molecular flexibility index (Phi) is 5.71. The fourth-order valence-electron chi connectivity index (χ4n) is 3.97. The van der Waals surface area contributed by atoms with E-state index in [0.29, 0.717) is 11.8 Å². The van der Waals surface area contributed by atoms with Crippen molar-refractivity contribution in [1.29, 1.82) is 0 Å². The predicted octanol–water partition coefficient (Wildman–Crippen LogP) is 2.87. The van der Waals surface area contributed by atoms with Crippen LogP contribution < -0.4 is 0 Å². The summed E-state index contributed by atoms with van der Waals surface area (Å²) in [5.41, 5.74) is 5.78. The van der Waals surface area contributed by atoms with Gasteiger partial charge in [0.1, 0.15) is 12.2 Å². The highest BCUT2D eigenvalue weighted by Gasteiger charge is 2.37. The Morgan fingerprint density at radius 3 is 2.43 bits per heavy atom. The van der Waals surface area contributed by atoms with E-state index in [1.54, 1.807) is 6.92 Å². The molecule has 2 heterocycles. The van der Waals surface area contributed by atoms with Gasteiger partial charge in [0.05, 0.1) is 18.8 Å². The molecule has 0 bridgehead atoms. The molecular formula is C23H26N2O5. The average molecular weight is 410 g/mol. The first-order valence-corrected chi connectivity index (χ1v) is 10.0. The second-order valence-electron chi connectivity index (χ2n) is 7.89. The summed E-state index contributed by atoms with van der Waals surface area (Å²) in [5.74, 6) is 1.00. The third-order valence-corrected chi connectivity index (χ3v) is 5.63. The Labute approximate surface area is 175 Å². The molecule has 4 atom stereocenters. The van der Waals surface area contributed by atoms with E-state index in [-0.39, 0.29) is 13.0 Å². The molecule has 7 heteroatoms. The summed E-state index contributed by atoms with van der Waals surface area (Å²) in [7, 11) is 0. The molecular weight excluding hydrogens is 384 g/mol. The lowest BCUT2D eigenvalue weighted by Crippen LogP contribution is -2.44. The third-order valence-electron chi connectivity index (χ3n) is 5.63. The van der Waals surface area contributed by atoms with Gasteiger partial charge in [0, 0.05) is 18.9 Å². The fourth-order valence-corrected chi connectivity index (χ4v) is 3.97. The Hall–Kier alpha value is -2.58. The third kappa shape index (κ3) is 3.89. The number of hydrogen-bond acceptors (Lipinski definition) is 7. The number of nitrogens with zero attached hydrogens (tertiary/aromatic N) is 2. The largest absolute Gasteiger partial charge is 0.421 e. The molecule has 0 saturated carbocycles. The van der Waals surface area contributed by atoms with E-state index in [2.05, 4.69) is 10.2 Å². The van der Waals surface area contributed by atoms with Crippen LogP contribution in [-0.2, 0) is 4.74 Å². The van der Waals surface area contributed by atoms with Crippen LogP contribution in [0, 0.1) is 20.8 Å². The minimum Gasteiger partial charge on any atom is -0.421 e. The number of hydrogen-bond donors (Lipinski definition) is 3. The molecule has 0 spiro atoms. The van der Waals surface area contributed by atoms with Gasteiger partial charge < -0.3 is 24.5 Å². The Balaban J connectivity index is 1.70. The van der Waals surface area contributed by atoms with Crippen LogP contribution in [0.15, 0.2) is 40.8 Å². The van der Waals surface area contributed by atoms with Gasteiger partial charge >= 0.3 is 0 Å². The molecule has 1 aliphatic heterocycles. The summed E-state index contributed by atoms with van der Waals surface area (Å²) < 4.78 is 11.4. The molecule has 7 nitrogen and oxygen atoms in total. The average Bonchev–Trinajstić information content (AvgIpc) is 3.17. The molecule has 3 aromatic rings. The van der Waals surface area contributed by atoms with Gasteiger partial charge in [-0.05, 0) is 59.9 Å². The van der Waals surface area contributed by atoms with Gasteiger partial charge in [-0.3, -0.25) is 0 Å². The monoisotopic (exact) mass is 410 g/mol. The first-order valence-electron chi connectivity index (χ1n) is 10.0. The van der Waals surface area contributed by atoms with Gasteiger partial charge in [0.2, 0.25) is 11.8 Å². The number of aliphatic hydroxyl groups excluding tert-OH is 3. The fraction of sp³-hybridized carbons (Fsp3) is 0.391. The van der Waals surface area contributed by atoms with Gasteiger partial charge in [-0.25, -0.2) is 0 Å². The number of aliphatic hydroxyl groups is 3. The lowest BCUT2D eigenvalue weighted by Gasteiger charge is -2.37. The minimum absolute atomic E-state index is 0.200. The van der Waals surface area contributed by atoms with E-state index in [4.69, 9.17) is 9.15 Å². The molecule has 3 N–H and O–H groups in total. The van der Waals surface area contributed by atoms with Gasteiger partial charge in [0.25, 0.3) is 0 Å². The van der Waals surface area contributed by atoms with Crippen LogP contribution in [-0.4, -0.2) is 50.4 Å². The number of ether oxygens (including phenoxy) is 1. The maximum absolute atomic E-state index is 10.5. The van der Waals surface area contributed by atoms with E-state index >= 15 is 0 Å². The predicted molar refractivity (Wildman–Crippen MR) is 111 cm³/mol. The molecule has 0 aliphatic carbocycles. The van der Waals surface area contributed by atoms with Gasteiger partial charge in [-0.2, -0.15) is 0 Å². The first-order chi connectivity index (χ1) is 14.4. The molecule has 1 aliphatic rings. The van der Waals surface area contributed by atoms with Gasteiger partial charge in [0.15, 0.2) is 0 Å². The zero-order valence-electron chi connectivity index (χ0n) is 17.2. The molecule has 158 valence electrons. The van der Waals surface area contributed by atoms with Crippen LogP contribution in [0.1, 0.15) is 35.1 Å². The van der Waals surface area contributed by atoms with Crippen LogP contribution in [0.5, 0.6) is 0 Å². The van der Waals surface area contributed by atoms with E-state index in [1.807, 2.05) is 50.2 Å². The van der Waals surface area contributed by atoms with E-state index in [0.717, 1.165) is 33.4 Å². The number of benzene rings is 2. The van der Waals surface area contributed by atoms with Gasteiger partial charge in [-0.15, -0.1) is 10.2 Å². The van der Waals surface area contributed by atoms with E-state index in [9.17, 15) is 15.3 Å². The summed E-state index contributed by atoms with van der Waals surface area (Å²) in [6.45, 7) is 5.60. The second-order valence-corrected chi connectivity index (χ2v) is 7.89. The van der Waals surface area contributed by atoms with Crippen LogP contribution >= 0.6 is 0 Å². The summed E-state index contributed by atoms with van der Waals surface area (Å²) in [6, 6.07) is 11.8. The zero-order chi connectivity index (χ0) is 21.4. The van der Waals surface area contributed by atoms with Crippen LogP contribution in [0.25, 0.3) is 22.6 Å². The molecule has 0 amide bonds. The van der Waals surface area contributed by atoms with Crippen molar-refractivity contribution in [3.05, 3.63) is 59.0 Å². The van der Waals surface area contributed by atoms with Crippen molar-refractivity contribution in [2.75, 3.05) is 6.61 Å². The normalized spacial score (nSPS) is 24.2.